The van der Waals surface area contributed by atoms with Crippen molar-refractivity contribution in [2.24, 2.45) is 5.92 Å². The summed E-state index contributed by atoms with van der Waals surface area (Å²) in [4.78, 5) is 21.8. The van der Waals surface area contributed by atoms with Gasteiger partial charge in [0.1, 0.15) is 0 Å². The van der Waals surface area contributed by atoms with E-state index in [0.717, 1.165) is 15.9 Å². The number of nitrogens with zero attached hydrogens (tertiary/aromatic N) is 3. The number of halogens is 1. The molecule has 0 saturated heterocycles. The van der Waals surface area contributed by atoms with E-state index in [4.69, 9.17) is 0 Å². The van der Waals surface area contributed by atoms with Crippen LogP contribution in [0.2, 0.25) is 0 Å². The molecule has 1 atom stereocenters. The van der Waals surface area contributed by atoms with Crippen LogP contribution in [0.1, 0.15) is 29.5 Å². The third-order valence-corrected chi connectivity index (χ3v) is 3.73. The fourth-order valence-corrected chi connectivity index (χ4v) is 1.72. The normalized spacial score (nSPS) is 12.5. The minimum atomic E-state index is -0.416. The maximum absolute atomic E-state index is 12.0. The lowest BCUT2D eigenvalue weighted by molar-refractivity contribution is -0.481. The molecule has 0 aliphatic rings. The smallest absolute Gasteiger partial charge is 0.250 e. The first kappa shape index (κ1) is 13.8. The molecule has 1 rings (SSSR count). The standard InChI is InChI=1S/C10H14BrN3O3/c1-6(4-5-13(16)17)10(15)14-8(3)9(11)7(2)12-14/h6H,4-5H2,1-3H3/t6-/m0/s1. The van der Waals surface area contributed by atoms with Crippen LogP contribution in [0.25, 0.3) is 0 Å². The molecule has 0 fully saturated rings. The van der Waals surface area contributed by atoms with E-state index < -0.39 is 10.8 Å². The largest absolute Gasteiger partial charge is 0.272 e. The average molecular weight is 304 g/mol. The molecule has 0 aromatic carbocycles. The van der Waals surface area contributed by atoms with Gasteiger partial charge >= 0.3 is 0 Å². The monoisotopic (exact) mass is 303 g/mol. The Morgan fingerprint density at radius 2 is 2.18 bits per heavy atom. The summed E-state index contributed by atoms with van der Waals surface area (Å²) >= 11 is 3.34. The van der Waals surface area contributed by atoms with Crippen LogP contribution >= 0.6 is 15.9 Å². The Labute approximate surface area is 107 Å². The second kappa shape index (κ2) is 5.39. The van der Waals surface area contributed by atoms with E-state index in [1.54, 1.807) is 20.8 Å². The molecule has 0 spiro atoms. The molecule has 0 aliphatic heterocycles. The summed E-state index contributed by atoms with van der Waals surface area (Å²) in [5.74, 6) is -0.622. The van der Waals surface area contributed by atoms with Gasteiger partial charge in [-0.25, -0.2) is 4.68 Å². The molecule has 0 N–H and O–H groups in total. The maximum Gasteiger partial charge on any atom is 0.250 e. The first-order chi connectivity index (χ1) is 7.84. The third kappa shape index (κ3) is 3.12. The number of carbonyl (C=O) groups excluding carboxylic acids is 1. The van der Waals surface area contributed by atoms with Crippen LogP contribution in [-0.4, -0.2) is 27.2 Å². The molecule has 1 aromatic rings. The molecule has 1 heterocycles. The van der Waals surface area contributed by atoms with E-state index in [2.05, 4.69) is 21.0 Å². The number of nitro groups is 1. The van der Waals surface area contributed by atoms with Crippen LogP contribution in [0.3, 0.4) is 0 Å². The highest BCUT2D eigenvalue weighted by Crippen LogP contribution is 2.21. The summed E-state index contributed by atoms with van der Waals surface area (Å²) in [6, 6.07) is 0. The zero-order valence-corrected chi connectivity index (χ0v) is 11.5. The quantitative estimate of drug-likeness (QED) is 0.631. The number of hydrogen-bond donors (Lipinski definition) is 0. The van der Waals surface area contributed by atoms with Crippen LogP contribution in [0.5, 0.6) is 0 Å². The van der Waals surface area contributed by atoms with E-state index in [9.17, 15) is 14.9 Å². The highest BCUT2D eigenvalue weighted by molar-refractivity contribution is 9.10. The predicted octanol–water partition coefficient (Wildman–Crippen LogP) is 2.21. The van der Waals surface area contributed by atoms with Crippen LogP contribution < -0.4 is 0 Å². The zero-order chi connectivity index (χ0) is 13.2. The number of rotatable bonds is 4. The van der Waals surface area contributed by atoms with Gasteiger partial charge in [0.2, 0.25) is 12.5 Å². The van der Waals surface area contributed by atoms with Gasteiger partial charge in [-0.05, 0) is 29.8 Å². The van der Waals surface area contributed by atoms with E-state index >= 15 is 0 Å². The maximum atomic E-state index is 12.0. The Bertz CT molecular complexity index is 456. The van der Waals surface area contributed by atoms with Crippen molar-refractivity contribution in [3.8, 4) is 0 Å². The van der Waals surface area contributed by atoms with Gasteiger partial charge in [-0.2, -0.15) is 5.10 Å². The van der Waals surface area contributed by atoms with Crippen LogP contribution in [0.4, 0.5) is 0 Å². The molecule has 94 valence electrons. The molecule has 0 bridgehead atoms. The fourth-order valence-electron chi connectivity index (χ4n) is 1.47. The summed E-state index contributed by atoms with van der Waals surface area (Å²) < 4.78 is 2.11. The Morgan fingerprint density at radius 1 is 1.59 bits per heavy atom. The van der Waals surface area contributed by atoms with Gasteiger partial charge in [-0.1, -0.05) is 6.92 Å². The third-order valence-electron chi connectivity index (χ3n) is 2.58. The van der Waals surface area contributed by atoms with E-state index in [1.807, 2.05) is 0 Å². The van der Waals surface area contributed by atoms with Crippen molar-refractivity contribution in [1.82, 2.24) is 9.78 Å². The molecular formula is C10H14BrN3O3. The molecule has 1 aromatic heterocycles. The van der Waals surface area contributed by atoms with Gasteiger partial charge in [0, 0.05) is 17.3 Å². The number of hydrogen-bond acceptors (Lipinski definition) is 4. The lowest BCUT2D eigenvalue weighted by atomic mass is 10.1. The lowest BCUT2D eigenvalue weighted by Crippen LogP contribution is -2.23. The first-order valence-corrected chi connectivity index (χ1v) is 6.01. The van der Waals surface area contributed by atoms with Gasteiger partial charge in [-0.15, -0.1) is 0 Å². The highest BCUT2D eigenvalue weighted by atomic mass is 79.9. The Balaban J connectivity index is 2.82. The summed E-state index contributed by atoms with van der Waals surface area (Å²) in [5.41, 5.74) is 1.46. The van der Waals surface area contributed by atoms with Crippen molar-refractivity contribution < 1.29 is 9.72 Å². The van der Waals surface area contributed by atoms with E-state index in [0.29, 0.717) is 0 Å². The minimum absolute atomic E-state index is 0.201. The van der Waals surface area contributed by atoms with E-state index in [1.165, 1.54) is 4.68 Å². The number of aryl methyl sites for hydroxylation is 1. The molecule has 7 heteroatoms. The van der Waals surface area contributed by atoms with Crippen LogP contribution in [0.15, 0.2) is 4.47 Å². The van der Waals surface area contributed by atoms with Crippen molar-refractivity contribution in [3.05, 3.63) is 26.0 Å². The molecule has 6 nitrogen and oxygen atoms in total. The molecule has 17 heavy (non-hydrogen) atoms. The summed E-state index contributed by atoms with van der Waals surface area (Å²) in [5, 5.41) is 14.4. The Kier molecular flexibility index (Phi) is 4.39. The summed E-state index contributed by atoms with van der Waals surface area (Å²) in [6.45, 7) is 5.05. The van der Waals surface area contributed by atoms with Crippen molar-refractivity contribution >= 4 is 21.8 Å². The molecule has 0 amide bonds. The van der Waals surface area contributed by atoms with Crippen molar-refractivity contribution in [2.75, 3.05) is 6.54 Å². The van der Waals surface area contributed by atoms with Crippen molar-refractivity contribution in [3.63, 3.8) is 0 Å². The second-order valence-electron chi connectivity index (χ2n) is 3.98. The predicted molar refractivity (Wildman–Crippen MR) is 65.7 cm³/mol. The SMILES string of the molecule is Cc1nn(C(=O)[C@@H](C)CC[N+](=O)[O-])c(C)c1Br. The topological polar surface area (TPSA) is 78.0 Å². The Hall–Kier alpha value is -1.24. The summed E-state index contributed by atoms with van der Waals surface area (Å²) in [7, 11) is 0. The number of carbonyl (C=O) groups is 1. The zero-order valence-electron chi connectivity index (χ0n) is 9.94. The van der Waals surface area contributed by atoms with Crippen LogP contribution in [-0.2, 0) is 0 Å². The molecular weight excluding hydrogens is 290 g/mol. The second-order valence-corrected chi connectivity index (χ2v) is 4.77. The van der Waals surface area contributed by atoms with Gasteiger partial charge in [0.25, 0.3) is 0 Å². The average Bonchev–Trinajstić information content (AvgIpc) is 2.52. The minimum Gasteiger partial charge on any atom is -0.272 e. The van der Waals surface area contributed by atoms with Gasteiger partial charge < -0.3 is 0 Å². The molecule has 0 radical (unpaired) electrons. The summed E-state index contributed by atoms with van der Waals surface area (Å²) in [6.07, 6.45) is 0.224. The lowest BCUT2D eigenvalue weighted by Gasteiger charge is -2.08. The Morgan fingerprint density at radius 3 is 2.59 bits per heavy atom. The van der Waals surface area contributed by atoms with E-state index in [-0.39, 0.29) is 18.9 Å². The molecule has 0 unspecified atom stereocenters. The fraction of sp³-hybridized carbons (Fsp3) is 0.600. The molecule has 0 saturated carbocycles. The van der Waals surface area contributed by atoms with Crippen molar-refractivity contribution in [1.29, 1.82) is 0 Å². The van der Waals surface area contributed by atoms with Crippen molar-refractivity contribution in [2.45, 2.75) is 27.2 Å². The molecule has 0 aliphatic carbocycles. The van der Waals surface area contributed by atoms with Gasteiger partial charge in [0.15, 0.2) is 0 Å². The number of aromatic nitrogens is 2. The van der Waals surface area contributed by atoms with Gasteiger partial charge in [0.05, 0.1) is 15.9 Å². The first-order valence-electron chi connectivity index (χ1n) is 5.22. The van der Waals surface area contributed by atoms with Gasteiger partial charge in [-0.3, -0.25) is 14.9 Å². The van der Waals surface area contributed by atoms with Crippen LogP contribution in [0, 0.1) is 29.9 Å². The highest BCUT2D eigenvalue weighted by Gasteiger charge is 2.21.